The SMILES string of the molecule is Cc1cc(F)ccc1C(N)Cc1ccnc2ccccc12. The second kappa shape index (κ2) is 5.62. The molecule has 2 nitrogen and oxygen atoms in total. The number of rotatable bonds is 3. The minimum Gasteiger partial charge on any atom is -0.324 e. The van der Waals surface area contributed by atoms with E-state index < -0.39 is 0 Å². The molecular weight excluding hydrogens is 263 g/mol. The Morgan fingerprint density at radius 2 is 1.95 bits per heavy atom. The third-order valence-electron chi connectivity index (χ3n) is 3.81. The van der Waals surface area contributed by atoms with Gasteiger partial charge < -0.3 is 5.73 Å². The molecule has 0 saturated heterocycles. The summed E-state index contributed by atoms with van der Waals surface area (Å²) >= 11 is 0. The number of aromatic nitrogens is 1. The summed E-state index contributed by atoms with van der Waals surface area (Å²) in [4.78, 5) is 4.36. The maximum absolute atomic E-state index is 13.2. The fourth-order valence-electron chi connectivity index (χ4n) is 2.74. The summed E-state index contributed by atoms with van der Waals surface area (Å²) in [6.45, 7) is 1.89. The van der Waals surface area contributed by atoms with Gasteiger partial charge in [0, 0.05) is 17.6 Å². The molecule has 21 heavy (non-hydrogen) atoms. The van der Waals surface area contributed by atoms with E-state index in [1.807, 2.05) is 37.4 Å². The van der Waals surface area contributed by atoms with Gasteiger partial charge in [-0.25, -0.2) is 4.39 Å². The van der Waals surface area contributed by atoms with Crippen molar-refractivity contribution in [3.8, 4) is 0 Å². The predicted molar refractivity (Wildman–Crippen MR) is 83.5 cm³/mol. The van der Waals surface area contributed by atoms with E-state index in [2.05, 4.69) is 11.1 Å². The Bertz CT molecular complexity index is 778. The van der Waals surface area contributed by atoms with Crippen LogP contribution in [-0.2, 0) is 6.42 Å². The van der Waals surface area contributed by atoms with Crippen LogP contribution in [0.25, 0.3) is 10.9 Å². The fourth-order valence-corrected chi connectivity index (χ4v) is 2.74. The molecule has 1 atom stereocenters. The second-order valence-electron chi connectivity index (χ2n) is 5.30. The summed E-state index contributed by atoms with van der Waals surface area (Å²) in [5.74, 6) is -0.224. The van der Waals surface area contributed by atoms with E-state index in [-0.39, 0.29) is 11.9 Å². The lowest BCUT2D eigenvalue weighted by molar-refractivity contribution is 0.622. The van der Waals surface area contributed by atoms with Crippen molar-refractivity contribution >= 4 is 10.9 Å². The summed E-state index contributed by atoms with van der Waals surface area (Å²) in [5.41, 5.74) is 10.3. The first-order valence-electron chi connectivity index (χ1n) is 6.99. The molecule has 0 fully saturated rings. The molecule has 0 aliphatic rings. The first kappa shape index (κ1) is 13.7. The molecule has 0 bridgehead atoms. The largest absolute Gasteiger partial charge is 0.324 e. The molecule has 0 aliphatic carbocycles. The molecule has 106 valence electrons. The third-order valence-corrected chi connectivity index (χ3v) is 3.81. The van der Waals surface area contributed by atoms with Crippen LogP contribution < -0.4 is 5.73 Å². The zero-order chi connectivity index (χ0) is 14.8. The highest BCUT2D eigenvalue weighted by molar-refractivity contribution is 5.81. The van der Waals surface area contributed by atoms with Crippen LogP contribution in [0.1, 0.15) is 22.7 Å². The predicted octanol–water partition coefficient (Wildman–Crippen LogP) is 3.92. The normalized spacial score (nSPS) is 12.5. The van der Waals surface area contributed by atoms with Gasteiger partial charge in [-0.15, -0.1) is 0 Å². The van der Waals surface area contributed by atoms with Crippen LogP contribution in [0.15, 0.2) is 54.7 Å². The third kappa shape index (κ3) is 2.78. The number of hydrogen-bond donors (Lipinski definition) is 1. The van der Waals surface area contributed by atoms with Gasteiger partial charge in [0.25, 0.3) is 0 Å². The number of aryl methyl sites for hydroxylation is 1. The average molecular weight is 280 g/mol. The molecule has 0 aliphatic heterocycles. The molecule has 3 heteroatoms. The van der Waals surface area contributed by atoms with Crippen molar-refractivity contribution in [1.29, 1.82) is 0 Å². The average Bonchev–Trinajstić information content (AvgIpc) is 2.47. The van der Waals surface area contributed by atoms with Gasteiger partial charge in [0.1, 0.15) is 5.82 Å². The molecule has 0 radical (unpaired) electrons. The van der Waals surface area contributed by atoms with E-state index in [4.69, 9.17) is 5.73 Å². The van der Waals surface area contributed by atoms with Crippen LogP contribution in [-0.4, -0.2) is 4.98 Å². The zero-order valence-corrected chi connectivity index (χ0v) is 11.9. The summed E-state index contributed by atoms with van der Waals surface area (Å²) in [7, 11) is 0. The molecule has 2 N–H and O–H groups in total. The van der Waals surface area contributed by atoms with Gasteiger partial charge in [0.2, 0.25) is 0 Å². The fraction of sp³-hybridized carbons (Fsp3) is 0.167. The molecule has 1 unspecified atom stereocenters. The molecule has 0 saturated carbocycles. The maximum Gasteiger partial charge on any atom is 0.123 e. The number of pyridine rings is 1. The van der Waals surface area contributed by atoms with Crippen molar-refractivity contribution in [2.75, 3.05) is 0 Å². The van der Waals surface area contributed by atoms with Crippen LogP contribution in [0.4, 0.5) is 4.39 Å². The monoisotopic (exact) mass is 280 g/mol. The number of nitrogens with two attached hydrogens (primary N) is 1. The molecule has 0 spiro atoms. The van der Waals surface area contributed by atoms with E-state index in [1.54, 1.807) is 6.07 Å². The van der Waals surface area contributed by atoms with E-state index in [0.717, 1.165) is 27.6 Å². The van der Waals surface area contributed by atoms with Crippen LogP contribution in [0, 0.1) is 12.7 Å². The van der Waals surface area contributed by atoms with Gasteiger partial charge in [-0.05, 0) is 54.3 Å². The van der Waals surface area contributed by atoms with E-state index in [1.165, 1.54) is 12.1 Å². The number of halogens is 1. The Kier molecular flexibility index (Phi) is 3.67. The lowest BCUT2D eigenvalue weighted by Crippen LogP contribution is -2.15. The number of benzene rings is 2. The minimum atomic E-state index is -0.224. The summed E-state index contributed by atoms with van der Waals surface area (Å²) in [6, 6.07) is 14.6. The number of para-hydroxylation sites is 1. The molecule has 1 aromatic heterocycles. The van der Waals surface area contributed by atoms with Crippen molar-refractivity contribution < 1.29 is 4.39 Å². The second-order valence-corrected chi connectivity index (χ2v) is 5.30. The van der Waals surface area contributed by atoms with Crippen molar-refractivity contribution in [3.63, 3.8) is 0 Å². The zero-order valence-electron chi connectivity index (χ0n) is 11.9. The van der Waals surface area contributed by atoms with Gasteiger partial charge in [-0.3, -0.25) is 4.98 Å². The smallest absolute Gasteiger partial charge is 0.123 e. The Balaban J connectivity index is 1.94. The van der Waals surface area contributed by atoms with Gasteiger partial charge >= 0.3 is 0 Å². The topological polar surface area (TPSA) is 38.9 Å². The van der Waals surface area contributed by atoms with Crippen molar-refractivity contribution in [3.05, 3.63) is 77.2 Å². The van der Waals surface area contributed by atoms with Crippen molar-refractivity contribution in [2.24, 2.45) is 5.73 Å². The Hall–Kier alpha value is -2.26. The van der Waals surface area contributed by atoms with Crippen LogP contribution in [0.3, 0.4) is 0 Å². The highest BCUT2D eigenvalue weighted by Gasteiger charge is 2.12. The van der Waals surface area contributed by atoms with Crippen molar-refractivity contribution in [2.45, 2.75) is 19.4 Å². The quantitative estimate of drug-likeness (QED) is 0.789. The number of nitrogens with zero attached hydrogens (tertiary/aromatic N) is 1. The summed E-state index contributed by atoms with van der Waals surface area (Å²) in [5, 5.41) is 1.12. The lowest BCUT2D eigenvalue weighted by Gasteiger charge is -2.16. The molecule has 0 amide bonds. The first-order chi connectivity index (χ1) is 10.1. The maximum atomic E-state index is 13.2. The summed E-state index contributed by atoms with van der Waals surface area (Å²) in [6.07, 6.45) is 2.51. The molecular formula is C18H17FN2. The minimum absolute atomic E-state index is 0.156. The van der Waals surface area contributed by atoms with E-state index in [0.29, 0.717) is 6.42 Å². The Morgan fingerprint density at radius 3 is 2.76 bits per heavy atom. The Morgan fingerprint density at radius 1 is 1.14 bits per heavy atom. The van der Waals surface area contributed by atoms with Gasteiger partial charge in [-0.1, -0.05) is 24.3 Å². The lowest BCUT2D eigenvalue weighted by atomic mass is 9.94. The van der Waals surface area contributed by atoms with E-state index >= 15 is 0 Å². The van der Waals surface area contributed by atoms with Crippen LogP contribution in [0.2, 0.25) is 0 Å². The highest BCUT2D eigenvalue weighted by Crippen LogP contribution is 2.24. The van der Waals surface area contributed by atoms with Crippen molar-refractivity contribution in [1.82, 2.24) is 4.98 Å². The standard InChI is InChI=1S/C18H17FN2/c1-12-10-14(19)6-7-15(12)17(20)11-13-8-9-21-18-5-3-2-4-16(13)18/h2-10,17H,11,20H2,1H3. The summed E-state index contributed by atoms with van der Waals surface area (Å²) < 4.78 is 13.2. The van der Waals surface area contributed by atoms with Gasteiger partial charge in [-0.2, -0.15) is 0 Å². The van der Waals surface area contributed by atoms with Crippen LogP contribution >= 0.6 is 0 Å². The van der Waals surface area contributed by atoms with Crippen LogP contribution in [0.5, 0.6) is 0 Å². The van der Waals surface area contributed by atoms with Gasteiger partial charge in [0.15, 0.2) is 0 Å². The highest BCUT2D eigenvalue weighted by atomic mass is 19.1. The van der Waals surface area contributed by atoms with Gasteiger partial charge in [0.05, 0.1) is 5.52 Å². The molecule has 1 heterocycles. The molecule has 3 rings (SSSR count). The van der Waals surface area contributed by atoms with E-state index in [9.17, 15) is 4.39 Å². The molecule has 2 aromatic carbocycles. The number of fused-ring (bicyclic) bond motifs is 1. The molecule has 3 aromatic rings. The Labute approximate surface area is 123 Å². The first-order valence-corrected chi connectivity index (χ1v) is 6.99. The number of hydrogen-bond acceptors (Lipinski definition) is 2.